The second-order valence-electron chi connectivity index (χ2n) is 10.1. The number of aromatic nitrogens is 2. The van der Waals surface area contributed by atoms with E-state index in [1.807, 2.05) is 53.4 Å². The maximum Gasteiger partial charge on any atom is 0.270 e. The number of carbonyl (C=O) groups is 2. The molecule has 7 heteroatoms. The van der Waals surface area contributed by atoms with Crippen molar-refractivity contribution in [2.24, 2.45) is 0 Å². The summed E-state index contributed by atoms with van der Waals surface area (Å²) in [4.78, 5) is 35.0. The van der Waals surface area contributed by atoms with E-state index >= 15 is 0 Å². The van der Waals surface area contributed by atoms with Gasteiger partial charge in [0.05, 0.1) is 18.8 Å². The highest BCUT2D eigenvalue weighted by Gasteiger charge is 2.54. The standard InChI is InChI=1S/C30H30N4O3/c1-20(35)32-27-23-7-3-4-8-24(23)30(28(27)37-19-21-10-14-31-15-11-21)12-16-34(17-13-30)29(36)26-18-22-6-2-5-9-25(22)33-26/h2-11,14-15,18,27-28,33H,12-13,16-17,19H2,1H3,(H,32,35)/t27-,28+/m1/s1. The molecule has 1 aliphatic heterocycles. The maximum atomic E-state index is 13.4. The number of hydrogen-bond acceptors (Lipinski definition) is 4. The molecule has 2 amide bonds. The van der Waals surface area contributed by atoms with Crippen LogP contribution in [0.25, 0.3) is 10.9 Å². The number of likely N-dealkylation sites (tertiary alicyclic amines) is 1. The van der Waals surface area contributed by atoms with Gasteiger partial charge < -0.3 is 19.9 Å². The third-order valence-corrected chi connectivity index (χ3v) is 7.92. The third kappa shape index (κ3) is 4.19. The van der Waals surface area contributed by atoms with Gasteiger partial charge in [-0.15, -0.1) is 0 Å². The summed E-state index contributed by atoms with van der Waals surface area (Å²) in [7, 11) is 0. The van der Waals surface area contributed by atoms with Crippen molar-refractivity contribution in [2.75, 3.05) is 13.1 Å². The molecule has 1 spiro atoms. The Morgan fingerprint density at radius 1 is 1.05 bits per heavy atom. The molecule has 7 nitrogen and oxygen atoms in total. The van der Waals surface area contributed by atoms with Crippen molar-refractivity contribution in [3.8, 4) is 0 Å². The highest BCUT2D eigenvalue weighted by atomic mass is 16.5. The van der Waals surface area contributed by atoms with Gasteiger partial charge in [0.2, 0.25) is 5.91 Å². The fraction of sp³-hybridized carbons (Fsp3) is 0.300. The molecule has 2 aromatic carbocycles. The molecule has 2 atom stereocenters. The number of nitrogens with one attached hydrogen (secondary N) is 2. The first-order chi connectivity index (χ1) is 18.0. The number of carbonyl (C=O) groups excluding carboxylic acids is 2. The van der Waals surface area contributed by atoms with Gasteiger partial charge in [0.1, 0.15) is 5.69 Å². The van der Waals surface area contributed by atoms with Crippen molar-refractivity contribution < 1.29 is 14.3 Å². The predicted molar refractivity (Wildman–Crippen MR) is 141 cm³/mol. The van der Waals surface area contributed by atoms with E-state index in [9.17, 15) is 9.59 Å². The molecule has 6 rings (SSSR count). The summed E-state index contributed by atoms with van der Waals surface area (Å²) in [5, 5.41) is 4.20. The number of piperidine rings is 1. The smallest absolute Gasteiger partial charge is 0.270 e. The van der Waals surface area contributed by atoms with Crippen LogP contribution in [0.2, 0.25) is 0 Å². The van der Waals surface area contributed by atoms with Crippen LogP contribution >= 0.6 is 0 Å². The zero-order valence-corrected chi connectivity index (χ0v) is 20.8. The predicted octanol–water partition coefficient (Wildman–Crippen LogP) is 4.51. The molecule has 2 aromatic heterocycles. The quantitative estimate of drug-likeness (QED) is 0.427. The first kappa shape index (κ1) is 23.4. The van der Waals surface area contributed by atoms with Gasteiger partial charge in [-0.1, -0.05) is 42.5 Å². The van der Waals surface area contributed by atoms with E-state index in [0.717, 1.165) is 34.9 Å². The van der Waals surface area contributed by atoms with E-state index in [0.29, 0.717) is 25.4 Å². The van der Waals surface area contributed by atoms with Gasteiger partial charge in [-0.25, -0.2) is 0 Å². The number of H-pyrrole nitrogens is 1. The van der Waals surface area contributed by atoms with Crippen LogP contribution in [0.4, 0.5) is 0 Å². The van der Waals surface area contributed by atoms with E-state index in [1.165, 1.54) is 5.56 Å². The molecular formula is C30H30N4O3. The van der Waals surface area contributed by atoms with Crippen LogP contribution in [0.15, 0.2) is 79.1 Å². The van der Waals surface area contributed by atoms with Crippen molar-refractivity contribution in [1.82, 2.24) is 20.2 Å². The molecule has 1 saturated heterocycles. The zero-order valence-electron chi connectivity index (χ0n) is 20.8. The fourth-order valence-corrected chi connectivity index (χ4v) is 6.17. The van der Waals surface area contributed by atoms with Gasteiger partial charge in [0.25, 0.3) is 5.91 Å². The molecular weight excluding hydrogens is 464 g/mol. The van der Waals surface area contributed by atoms with Crippen LogP contribution < -0.4 is 5.32 Å². The number of benzene rings is 2. The summed E-state index contributed by atoms with van der Waals surface area (Å²) >= 11 is 0. The van der Waals surface area contributed by atoms with Gasteiger partial charge in [-0.2, -0.15) is 0 Å². The Kier molecular flexibility index (Phi) is 6.00. The summed E-state index contributed by atoms with van der Waals surface area (Å²) in [5.41, 5.74) is 4.64. The molecule has 1 fully saturated rings. The Balaban J connectivity index is 1.28. The molecule has 0 saturated carbocycles. The minimum Gasteiger partial charge on any atom is -0.370 e. The number of rotatable bonds is 5. The van der Waals surface area contributed by atoms with Crippen LogP contribution in [0.3, 0.4) is 0 Å². The number of para-hydroxylation sites is 1. The topological polar surface area (TPSA) is 87.3 Å². The Hall–Kier alpha value is -3.97. The number of aromatic amines is 1. The summed E-state index contributed by atoms with van der Waals surface area (Å²) in [6, 6.07) is 21.8. The largest absolute Gasteiger partial charge is 0.370 e. The Labute approximate surface area is 215 Å². The zero-order chi connectivity index (χ0) is 25.4. The molecule has 2 aliphatic rings. The molecule has 3 heterocycles. The van der Waals surface area contributed by atoms with Crippen molar-refractivity contribution in [3.63, 3.8) is 0 Å². The van der Waals surface area contributed by atoms with Gasteiger partial charge in [0.15, 0.2) is 0 Å². The van der Waals surface area contributed by atoms with Gasteiger partial charge in [-0.3, -0.25) is 14.6 Å². The maximum absolute atomic E-state index is 13.4. The minimum absolute atomic E-state index is 0.0185. The molecule has 188 valence electrons. The summed E-state index contributed by atoms with van der Waals surface area (Å²) < 4.78 is 6.65. The summed E-state index contributed by atoms with van der Waals surface area (Å²) in [5.74, 6) is -0.0641. The molecule has 37 heavy (non-hydrogen) atoms. The van der Waals surface area contributed by atoms with Crippen molar-refractivity contribution in [3.05, 3.63) is 102 Å². The van der Waals surface area contributed by atoms with Crippen molar-refractivity contribution in [2.45, 2.75) is 43.9 Å². The van der Waals surface area contributed by atoms with Crippen LogP contribution in [0.5, 0.6) is 0 Å². The summed E-state index contributed by atoms with van der Waals surface area (Å²) in [6.45, 7) is 3.21. The lowest BCUT2D eigenvalue weighted by Crippen LogP contribution is -2.51. The van der Waals surface area contributed by atoms with Crippen molar-refractivity contribution >= 4 is 22.7 Å². The highest BCUT2D eigenvalue weighted by molar-refractivity contribution is 5.98. The van der Waals surface area contributed by atoms with E-state index in [4.69, 9.17) is 4.74 Å². The lowest BCUT2D eigenvalue weighted by Gasteiger charge is -2.44. The first-order valence-corrected chi connectivity index (χ1v) is 12.8. The molecule has 4 aromatic rings. The number of ether oxygens (including phenoxy) is 1. The fourth-order valence-electron chi connectivity index (χ4n) is 6.17. The molecule has 0 unspecified atom stereocenters. The van der Waals surface area contributed by atoms with Gasteiger partial charge >= 0.3 is 0 Å². The van der Waals surface area contributed by atoms with Gasteiger partial charge in [-0.05, 0) is 53.8 Å². The SMILES string of the molecule is CC(=O)N[C@@H]1c2ccccc2C2(CCN(C(=O)c3cc4ccccc4[nH]3)CC2)[C@H]1OCc1ccncc1. The minimum atomic E-state index is -0.298. The number of nitrogens with zero attached hydrogens (tertiary/aromatic N) is 2. The lowest BCUT2D eigenvalue weighted by atomic mass is 9.71. The van der Waals surface area contributed by atoms with E-state index in [-0.39, 0.29) is 29.4 Å². The normalized spacial score (nSPS) is 20.2. The second kappa shape index (κ2) is 9.48. The van der Waals surface area contributed by atoms with Crippen LogP contribution in [0, 0.1) is 0 Å². The average molecular weight is 495 g/mol. The highest BCUT2D eigenvalue weighted by Crippen LogP contribution is 2.52. The molecule has 1 aliphatic carbocycles. The molecule has 2 N–H and O–H groups in total. The summed E-state index contributed by atoms with van der Waals surface area (Å²) in [6.07, 6.45) is 4.79. The van der Waals surface area contributed by atoms with E-state index in [2.05, 4.69) is 33.5 Å². The third-order valence-electron chi connectivity index (χ3n) is 7.92. The number of amides is 2. The van der Waals surface area contributed by atoms with E-state index in [1.54, 1.807) is 19.3 Å². The van der Waals surface area contributed by atoms with E-state index < -0.39 is 0 Å². The Bertz CT molecular complexity index is 1410. The lowest BCUT2D eigenvalue weighted by molar-refractivity contribution is -0.122. The molecule has 0 bridgehead atoms. The van der Waals surface area contributed by atoms with Crippen LogP contribution in [0.1, 0.15) is 53.0 Å². The Morgan fingerprint density at radius 2 is 1.78 bits per heavy atom. The number of hydrogen-bond donors (Lipinski definition) is 2. The van der Waals surface area contributed by atoms with Gasteiger partial charge in [0, 0.05) is 48.7 Å². The average Bonchev–Trinajstić information content (AvgIpc) is 3.46. The van der Waals surface area contributed by atoms with Crippen molar-refractivity contribution in [1.29, 1.82) is 0 Å². The number of fused-ring (bicyclic) bond motifs is 3. The van der Waals surface area contributed by atoms with Crippen LogP contribution in [-0.4, -0.2) is 45.9 Å². The monoisotopic (exact) mass is 494 g/mol. The van der Waals surface area contributed by atoms with Crippen LogP contribution in [-0.2, 0) is 21.6 Å². The first-order valence-electron chi connectivity index (χ1n) is 12.8. The number of pyridine rings is 1. The Morgan fingerprint density at radius 3 is 2.54 bits per heavy atom. The molecule has 0 radical (unpaired) electrons. The second-order valence-corrected chi connectivity index (χ2v) is 10.1.